The molecule has 0 saturated heterocycles. The highest BCUT2D eigenvalue weighted by Crippen LogP contribution is 2.30. The summed E-state index contributed by atoms with van der Waals surface area (Å²) in [6.45, 7) is 8.73. The molecule has 0 aliphatic rings. The Balaban J connectivity index is 0.000000291. The lowest BCUT2D eigenvalue weighted by Gasteiger charge is -2.29. The number of nitrogens with one attached hydrogen (secondary N) is 3. The molecule has 0 saturated carbocycles. The van der Waals surface area contributed by atoms with E-state index in [1.807, 2.05) is 44.2 Å². The van der Waals surface area contributed by atoms with Gasteiger partial charge in [0, 0.05) is 48.5 Å². The molecule has 360 valence electrons. The molecular weight excluding hydrogens is 874 g/mol. The van der Waals surface area contributed by atoms with E-state index in [-0.39, 0.29) is 25.9 Å². The van der Waals surface area contributed by atoms with Gasteiger partial charge in [0.15, 0.2) is 11.6 Å². The molecule has 0 radical (unpaired) electrons. The maximum Gasteiger partial charge on any atom is 0.225 e. The van der Waals surface area contributed by atoms with Gasteiger partial charge in [-0.25, -0.2) is 28.7 Å². The first kappa shape index (κ1) is 54.4. The predicted molar refractivity (Wildman–Crippen MR) is 258 cm³/mol. The fourth-order valence-electron chi connectivity index (χ4n) is 6.47. The van der Waals surface area contributed by atoms with Crippen LogP contribution in [0.15, 0.2) is 60.9 Å². The number of hydrogen-bond acceptors (Lipinski definition) is 16. The van der Waals surface area contributed by atoms with E-state index in [4.69, 9.17) is 36.3 Å². The van der Waals surface area contributed by atoms with Gasteiger partial charge in [0.2, 0.25) is 11.2 Å². The number of aromatic nitrogens is 6. The number of benzene rings is 2. The van der Waals surface area contributed by atoms with Gasteiger partial charge in [-0.2, -0.15) is 9.97 Å². The van der Waals surface area contributed by atoms with Crippen molar-refractivity contribution >= 4 is 51.3 Å². The van der Waals surface area contributed by atoms with Crippen molar-refractivity contribution < 1.29 is 37.9 Å². The number of anilines is 3. The summed E-state index contributed by atoms with van der Waals surface area (Å²) in [5.41, 5.74) is 7.78. The van der Waals surface area contributed by atoms with Gasteiger partial charge in [-0.3, -0.25) is 0 Å². The Kier molecular flexibility index (Phi) is 21.6. The quantitative estimate of drug-likeness (QED) is 0.0393. The number of nitrogens with two attached hydrogens (primary N) is 1. The van der Waals surface area contributed by atoms with Crippen LogP contribution in [-0.4, -0.2) is 92.8 Å². The van der Waals surface area contributed by atoms with E-state index >= 15 is 0 Å². The Morgan fingerprint density at radius 3 is 1.59 bits per heavy atom. The third-order valence-electron chi connectivity index (χ3n) is 10.3. The van der Waals surface area contributed by atoms with E-state index in [1.165, 1.54) is 12.1 Å². The maximum atomic E-state index is 13.9. The summed E-state index contributed by atoms with van der Waals surface area (Å²) in [6.07, 6.45) is 7.68. The number of nitrogens with zero attached hydrogens (tertiary/aromatic N) is 6. The number of halogens is 3. The molecular formula is C47H65ClF2N10O6. The number of rotatable bonds is 20. The Bertz CT molecular complexity index is 2450. The minimum atomic E-state index is -0.593. The van der Waals surface area contributed by atoms with E-state index in [0.29, 0.717) is 64.2 Å². The molecule has 0 unspecified atom stereocenters. The van der Waals surface area contributed by atoms with Crippen LogP contribution in [0.4, 0.5) is 26.4 Å². The smallest absolute Gasteiger partial charge is 0.225 e. The zero-order valence-corrected chi connectivity index (χ0v) is 39.0. The third-order valence-corrected chi connectivity index (χ3v) is 10.5. The lowest BCUT2D eigenvalue weighted by molar-refractivity contribution is 0.212. The third kappa shape index (κ3) is 15.3. The van der Waals surface area contributed by atoms with Gasteiger partial charge in [0.25, 0.3) is 0 Å². The highest BCUT2D eigenvalue weighted by atomic mass is 35.5. The number of aliphatic hydroxyl groups excluding tert-OH is 2. The number of fused-ring (bicyclic) bond motifs is 2. The summed E-state index contributed by atoms with van der Waals surface area (Å²) in [5.74, 6) is 3.08. The van der Waals surface area contributed by atoms with Crippen LogP contribution >= 0.6 is 11.6 Å². The van der Waals surface area contributed by atoms with Gasteiger partial charge in [-0.1, -0.05) is 53.0 Å². The second-order valence-electron chi connectivity index (χ2n) is 15.6. The summed E-state index contributed by atoms with van der Waals surface area (Å²) in [5, 5.41) is 29.3. The van der Waals surface area contributed by atoms with Gasteiger partial charge in [-0.05, 0) is 56.5 Å². The van der Waals surface area contributed by atoms with Crippen molar-refractivity contribution in [1.82, 2.24) is 29.9 Å². The number of unbranched alkanes of at least 4 members (excludes halogenated alkanes) is 2. The lowest BCUT2D eigenvalue weighted by Crippen LogP contribution is -2.39. The zero-order chi connectivity index (χ0) is 47.6. The minimum absolute atomic E-state index is 0. The number of aliphatic hydroxyl groups is 2. The summed E-state index contributed by atoms with van der Waals surface area (Å²) < 4.78 is 47.9. The molecule has 66 heavy (non-hydrogen) atoms. The van der Waals surface area contributed by atoms with Crippen LogP contribution in [0, 0.1) is 11.6 Å². The van der Waals surface area contributed by atoms with Crippen molar-refractivity contribution in [1.29, 1.82) is 0 Å². The molecule has 0 spiro atoms. The van der Waals surface area contributed by atoms with Crippen molar-refractivity contribution in [2.75, 3.05) is 57.6 Å². The SMILES string of the molecule is C.CCCC[C@](C)(CO)Nc1nc(Cl)nc2cc(F)cnc12.CCCC[C@](C)(CO)Nc1nc(NCc2ccc(OC)cc2OC)nc2cc(F)cnc12.COc1ccc(CN)c(OC)c1. The molecule has 6 aromatic rings. The van der Waals surface area contributed by atoms with Crippen LogP contribution in [-0.2, 0) is 13.1 Å². The van der Waals surface area contributed by atoms with Gasteiger partial charge in [-0.15, -0.1) is 0 Å². The second-order valence-corrected chi connectivity index (χ2v) is 15.9. The lowest BCUT2D eigenvalue weighted by atomic mass is 9.96. The Morgan fingerprint density at radius 2 is 1.14 bits per heavy atom. The highest BCUT2D eigenvalue weighted by molar-refractivity contribution is 6.28. The second kappa shape index (κ2) is 26.3. The largest absolute Gasteiger partial charge is 0.497 e. The van der Waals surface area contributed by atoms with Crippen LogP contribution in [0.1, 0.15) is 84.8 Å². The van der Waals surface area contributed by atoms with Crippen molar-refractivity contribution in [2.24, 2.45) is 5.73 Å². The molecule has 19 heteroatoms. The molecule has 0 amide bonds. The number of methoxy groups -OCH3 is 4. The molecule has 0 bridgehead atoms. The monoisotopic (exact) mass is 938 g/mol. The Labute approximate surface area is 391 Å². The molecule has 7 N–H and O–H groups in total. The van der Waals surface area contributed by atoms with E-state index in [0.717, 1.165) is 73.5 Å². The van der Waals surface area contributed by atoms with Crippen molar-refractivity contribution in [3.63, 3.8) is 0 Å². The molecule has 4 heterocycles. The molecule has 0 aliphatic carbocycles. The molecule has 2 atom stereocenters. The molecule has 2 aromatic carbocycles. The normalized spacial score (nSPS) is 12.5. The summed E-state index contributed by atoms with van der Waals surface area (Å²) >= 11 is 5.88. The van der Waals surface area contributed by atoms with E-state index in [1.54, 1.807) is 34.5 Å². The van der Waals surface area contributed by atoms with E-state index < -0.39 is 22.7 Å². The average molecular weight is 940 g/mol. The maximum absolute atomic E-state index is 13.9. The molecule has 4 aromatic heterocycles. The first-order valence-electron chi connectivity index (χ1n) is 21.2. The van der Waals surface area contributed by atoms with Gasteiger partial charge >= 0.3 is 0 Å². The molecule has 6 rings (SSSR count). The topological polar surface area (TPSA) is 217 Å². The number of pyridine rings is 2. The van der Waals surface area contributed by atoms with Gasteiger partial charge in [0.05, 0.1) is 76.2 Å². The fraction of sp³-hybridized carbons (Fsp3) is 0.447. The van der Waals surface area contributed by atoms with Crippen molar-refractivity contribution in [3.8, 4) is 23.0 Å². The molecule has 0 fully saturated rings. The Morgan fingerprint density at radius 1 is 0.667 bits per heavy atom. The van der Waals surface area contributed by atoms with E-state index in [9.17, 15) is 19.0 Å². The molecule has 0 aliphatic heterocycles. The Hall–Kier alpha value is -5.95. The van der Waals surface area contributed by atoms with Crippen molar-refractivity contribution in [2.45, 2.75) is 97.8 Å². The first-order chi connectivity index (χ1) is 31.2. The van der Waals surface area contributed by atoms with Gasteiger partial charge < -0.3 is 50.8 Å². The van der Waals surface area contributed by atoms with Gasteiger partial charge in [0.1, 0.15) is 45.7 Å². The summed E-state index contributed by atoms with van der Waals surface area (Å²) in [4.78, 5) is 25.3. The van der Waals surface area contributed by atoms with Crippen LogP contribution in [0.3, 0.4) is 0 Å². The average Bonchev–Trinajstić information content (AvgIpc) is 3.31. The predicted octanol–water partition coefficient (Wildman–Crippen LogP) is 9.12. The van der Waals surface area contributed by atoms with Crippen LogP contribution in [0.2, 0.25) is 5.28 Å². The number of ether oxygens (including phenoxy) is 4. The number of hydrogen-bond donors (Lipinski definition) is 6. The minimum Gasteiger partial charge on any atom is -0.497 e. The first-order valence-corrected chi connectivity index (χ1v) is 21.5. The summed E-state index contributed by atoms with van der Waals surface area (Å²) in [6, 6.07) is 13.7. The van der Waals surface area contributed by atoms with Crippen molar-refractivity contribution in [3.05, 3.63) is 89.0 Å². The zero-order valence-electron chi connectivity index (χ0n) is 38.3. The molecule has 16 nitrogen and oxygen atoms in total. The highest BCUT2D eigenvalue weighted by Gasteiger charge is 2.26. The summed E-state index contributed by atoms with van der Waals surface area (Å²) in [7, 11) is 6.43. The standard InChI is InChI=1S/C23H30FN5O3.C14H18ClFN4O.C9H13NO2.CH4/c1-5-6-9-23(2,14-30)29-21-20-18(10-16(24)13-25-20)27-22(28-21)26-12-15-7-8-17(31-3)11-19(15)32-4;1-3-4-5-14(2,8-21)20-12-11-10(18-13(15)19-12)6-9(16)7-17-11;1-11-8-4-3-7(6-10)9(5-8)12-2;/h7-8,10-11,13,30H,5-6,9,12,14H2,1-4H3,(H2,26,27,28,29);6-7,21H,3-5,8H2,1-2H3,(H,18,19,20);3-5H,6,10H2,1-2H3;1H4/t23-;14-;;/m11../s1. The van der Waals surface area contributed by atoms with Crippen LogP contribution < -0.4 is 40.6 Å². The fourth-order valence-corrected chi connectivity index (χ4v) is 6.65. The van der Waals surface area contributed by atoms with E-state index in [2.05, 4.69) is 59.7 Å². The van der Waals surface area contributed by atoms with Crippen LogP contribution in [0.25, 0.3) is 22.1 Å². The van der Waals surface area contributed by atoms with Crippen LogP contribution in [0.5, 0.6) is 23.0 Å².